The quantitative estimate of drug-likeness (QED) is 0.647. The van der Waals surface area contributed by atoms with E-state index in [2.05, 4.69) is 17.0 Å². The molecule has 116 valence electrons. The summed E-state index contributed by atoms with van der Waals surface area (Å²) in [7, 11) is -1.82. The van der Waals surface area contributed by atoms with E-state index in [0.717, 1.165) is 17.8 Å². The third-order valence-corrected chi connectivity index (χ3v) is 5.43. The van der Waals surface area contributed by atoms with Gasteiger partial charge in [0, 0.05) is 36.6 Å². The first-order valence-electron chi connectivity index (χ1n) is 6.79. The molecular weight excluding hydrogens is 296 g/mol. The summed E-state index contributed by atoms with van der Waals surface area (Å²) in [6, 6.07) is 1.60. The molecule has 0 aromatic carbocycles. The van der Waals surface area contributed by atoms with Crippen LogP contribution in [-0.4, -0.2) is 34.7 Å². The van der Waals surface area contributed by atoms with E-state index < -0.39 is 10.0 Å². The van der Waals surface area contributed by atoms with Crippen molar-refractivity contribution in [1.29, 1.82) is 0 Å². The molecule has 1 rings (SSSR count). The molecule has 0 spiro atoms. The van der Waals surface area contributed by atoms with Crippen molar-refractivity contribution in [3.63, 3.8) is 0 Å². The lowest BCUT2D eigenvalue weighted by Gasteiger charge is -2.12. The third-order valence-electron chi connectivity index (χ3n) is 2.78. The second-order valence-corrected chi connectivity index (χ2v) is 7.44. The molecule has 0 bridgehead atoms. The molecule has 0 amide bonds. The van der Waals surface area contributed by atoms with Crippen LogP contribution in [0, 0.1) is 0 Å². The molecule has 0 fully saturated rings. The minimum atomic E-state index is -3.42. The molecule has 0 saturated carbocycles. The normalized spacial score (nSPS) is 13.6. The molecule has 0 radical (unpaired) electrons. The van der Waals surface area contributed by atoms with Crippen molar-refractivity contribution < 1.29 is 13.2 Å². The van der Waals surface area contributed by atoms with Crippen LogP contribution in [0.4, 0.5) is 0 Å². The molecule has 20 heavy (non-hydrogen) atoms. The molecule has 7 heteroatoms. The van der Waals surface area contributed by atoms with Gasteiger partial charge in [0.1, 0.15) is 0 Å². The molecule has 2 N–H and O–H groups in total. The summed E-state index contributed by atoms with van der Waals surface area (Å²) in [5, 5.41) is 4.95. The van der Waals surface area contributed by atoms with E-state index in [1.165, 1.54) is 11.3 Å². The van der Waals surface area contributed by atoms with Crippen molar-refractivity contribution in [3.8, 4) is 0 Å². The Balaban J connectivity index is 2.59. The molecule has 0 saturated heterocycles. The maximum atomic E-state index is 12.2. The highest BCUT2D eigenvalue weighted by atomic mass is 32.2. The van der Waals surface area contributed by atoms with Gasteiger partial charge in [-0.05, 0) is 32.4 Å². The maximum absolute atomic E-state index is 12.2. The van der Waals surface area contributed by atoms with Crippen molar-refractivity contribution >= 4 is 21.4 Å². The fourth-order valence-electron chi connectivity index (χ4n) is 1.67. The van der Waals surface area contributed by atoms with Crippen LogP contribution < -0.4 is 10.0 Å². The van der Waals surface area contributed by atoms with Gasteiger partial charge in [0.05, 0.1) is 4.90 Å². The van der Waals surface area contributed by atoms with Gasteiger partial charge in [0.25, 0.3) is 0 Å². The van der Waals surface area contributed by atoms with Crippen LogP contribution >= 0.6 is 11.3 Å². The number of sulfonamides is 1. The van der Waals surface area contributed by atoms with Gasteiger partial charge < -0.3 is 10.1 Å². The molecule has 1 atom stereocenters. The van der Waals surface area contributed by atoms with Gasteiger partial charge in [0.2, 0.25) is 10.0 Å². The Bertz CT molecular complexity index is 486. The van der Waals surface area contributed by atoms with E-state index in [1.807, 2.05) is 6.92 Å². The van der Waals surface area contributed by atoms with Gasteiger partial charge >= 0.3 is 0 Å². The van der Waals surface area contributed by atoms with Crippen LogP contribution in [0.2, 0.25) is 0 Å². The Labute approximate surface area is 125 Å². The summed E-state index contributed by atoms with van der Waals surface area (Å²) < 4.78 is 32.0. The highest BCUT2D eigenvalue weighted by molar-refractivity contribution is 7.89. The van der Waals surface area contributed by atoms with E-state index >= 15 is 0 Å². The van der Waals surface area contributed by atoms with Crippen molar-refractivity contribution in [1.82, 2.24) is 10.0 Å². The maximum Gasteiger partial charge on any atom is 0.241 e. The van der Waals surface area contributed by atoms with E-state index in [0.29, 0.717) is 24.5 Å². The number of thiophene rings is 1. The second-order valence-electron chi connectivity index (χ2n) is 4.73. The zero-order chi connectivity index (χ0) is 15.0. The Morgan fingerprint density at radius 3 is 2.85 bits per heavy atom. The number of nitrogens with one attached hydrogen (secondary N) is 2. The summed E-state index contributed by atoms with van der Waals surface area (Å²) in [5.41, 5.74) is 0. The molecule has 1 unspecified atom stereocenters. The predicted octanol–water partition coefficient (Wildman–Crippen LogP) is 1.95. The monoisotopic (exact) mass is 320 g/mol. The molecule has 0 aliphatic carbocycles. The predicted molar refractivity (Wildman–Crippen MR) is 82.6 cm³/mol. The van der Waals surface area contributed by atoms with Crippen LogP contribution in [0.25, 0.3) is 0 Å². The number of hydrogen-bond acceptors (Lipinski definition) is 5. The molecule has 1 aromatic heterocycles. The minimum Gasteiger partial charge on any atom is -0.385 e. The van der Waals surface area contributed by atoms with Crippen molar-refractivity contribution in [3.05, 3.63) is 16.3 Å². The Morgan fingerprint density at radius 2 is 2.20 bits per heavy atom. The zero-order valence-electron chi connectivity index (χ0n) is 12.3. The Kier molecular flexibility index (Phi) is 7.68. The highest BCUT2D eigenvalue weighted by Crippen LogP contribution is 2.19. The highest BCUT2D eigenvalue weighted by Gasteiger charge is 2.18. The smallest absolute Gasteiger partial charge is 0.241 e. The third kappa shape index (κ3) is 5.88. The molecule has 5 nitrogen and oxygen atoms in total. The van der Waals surface area contributed by atoms with E-state index in [9.17, 15) is 8.42 Å². The van der Waals surface area contributed by atoms with Crippen molar-refractivity contribution in [2.24, 2.45) is 0 Å². The van der Waals surface area contributed by atoms with Crippen LogP contribution in [-0.2, 0) is 21.3 Å². The SMILES string of the molecule is CCCNCc1cc(S(=O)(=O)NC(C)CCOC)cs1. The van der Waals surface area contributed by atoms with E-state index in [4.69, 9.17) is 4.74 Å². The fourth-order valence-corrected chi connectivity index (χ4v) is 4.19. The van der Waals surface area contributed by atoms with E-state index in [-0.39, 0.29) is 6.04 Å². The minimum absolute atomic E-state index is 0.137. The Morgan fingerprint density at radius 1 is 1.45 bits per heavy atom. The average Bonchev–Trinajstić information content (AvgIpc) is 2.86. The molecule has 1 aromatic rings. The van der Waals surface area contributed by atoms with Crippen molar-refractivity contribution in [2.75, 3.05) is 20.3 Å². The summed E-state index contributed by atoms with van der Waals surface area (Å²) in [6.45, 7) is 6.13. The standard InChI is InChI=1S/C13H24N2O3S2/c1-4-6-14-9-12-8-13(10-19-12)20(16,17)15-11(2)5-7-18-3/h8,10-11,14-15H,4-7,9H2,1-3H3. The second kappa shape index (κ2) is 8.74. The van der Waals surface area contributed by atoms with Crippen LogP contribution in [0.1, 0.15) is 31.6 Å². The first kappa shape index (κ1) is 17.6. The molecule has 1 heterocycles. The van der Waals surface area contributed by atoms with Crippen LogP contribution in [0.3, 0.4) is 0 Å². The summed E-state index contributed by atoms with van der Waals surface area (Å²) in [5.74, 6) is 0. The summed E-state index contributed by atoms with van der Waals surface area (Å²) in [4.78, 5) is 1.38. The topological polar surface area (TPSA) is 67.4 Å². The van der Waals surface area contributed by atoms with E-state index in [1.54, 1.807) is 18.6 Å². The van der Waals surface area contributed by atoms with Gasteiger partial charge in [-0.3, -0.25) is 0 Å². The number of rotatable bonds is 10. The lowest BCUT2D eigenvalue weighted by molar-refractivity contribution is 0.188. The van der Waals surface area contributed by atoms with Crippen LogP contribution in [0.15, 0.2) is 16.3 Å². The van der Waals surface area contributed by atoms with Crippen LogP contribution in [0.5, 0.6) is 0 Å². The van der Waals surface area contributed by atoms with Gasteiger partial charge in [-0.25, -0.2) is 13.1 Å². The molecule has 0 aliphatic rings. The first-order chi connectivity index (χ1) is 9.49. The average molecular weight is 320 g/mol. The Hall–Kier alpha value is -0.470. The zero-order valence-corrected chi connectivity index (χ0v) is 13.9. The molecular formula is C13H24N2O3S2. The number of ether oxygens (including phenoxy) is 1. The number of methoxy groups -OCH3 is 1. The van der Waals surface area contributed by atoms with Crippen molar-refractivity contribution in [2.45, 2.75) is 44.2 Å². The van der Waals surface area contributed by atoms with Gasteiger partial charge in [-0.1, -0.05) is 6.92 Å². The first-order valence-corrected chi connectivity index (χ1v) is 9.15. The fraction of sp³-hybridized carbons (Fsp3) is 0.692. The lowest BCUT2D eigenvalue weighted by atomic mass is 10.3. The largest absolute Gasteiger partial charge is 0.385 e. The van der Waals surface area contributed by atoms with Gasteiger partial charge in [0.15, 0.2) is 0 Å². The van der Waals surface area contributed by atoms with Gasteiger partial charge in [-0.15, -0.1) is 11.3 Å². The number of hydrogen-bond donors (Lipinski definition) is 2. The van der Waals surface area contributed by atoms with Gasteiger partial charge in [-0.2, -0.15) is 0 Å². The lowest BCUT2D eigenvalue weighted by Crippen LogP contribution is -2.33. The molecule has 0 aliphatic heterocycles. The summed E-state index contributed by atoms with van der Waals surface area (Å²) in [6.07, 6.45) is 1.72. The summed E-state index contributed by atoms with van der Waals surface area (Å²) >= 11 is 1.47.